The first-order valence-corrected chi connectivity index (χ1v) is 9.01. The maximum absolute atomic E-state index is 11.5. The van der Waals surface area contributed by atoms with Crippen LogP contribution in [0.1, 0.15) is 43.6 Å². The van der Waals surface area contributed by atoms with Crippen LogP contribution in [0.2, 0.25) is 5.15 Å². The second-order valence-electron chi connectivity index (χ2n) is 4.83. The van der Waals surface area contributed by atoms with Crippen molar-refractivity contribution in [3.05, 3.63) is 20.2 Å². The zero-order valence-electron chi connectivity index (χ0n) is 10.2. The molecule has 1 aliphatic heterocycles. The van der Waals surface area contributed by atoms with Crippen molar-refractivity contribution in [1.82, 2.24) is 9.97 Å². The highest BCUT2D eigenvalue weighted by atomic mass is 127. The second-order valence-corrected chi connectivity index (χ2v) is 8.49. The van der Waals surface area contributed by atoms with Crippen molar-refractivity contribution >= 4 is 44.0 Å². The van der Waals surface area contributed by atoms with Crippen LogP contribution in [-0.2, 0) is 9.84 Å². The third kappa shape index (κ3) is 2.96. The lowest BCUT2D eigenvalue weighted by molar-refractivity contribution is 0.601. The number of hydrogen-bond donors (Lipinski definition) is 0. The zero-order valence-corrected chi connectivity index (χ0v) is 13.9. The molecule has 0 amide bonds. The van der Waals surface area contributed by atoms with E-state index in [0.29, 0.717) is 17.4 Å². The molecule has 18 heavy (non-hydrogen) atoms. The van der Waals surface area contributed by atoms with Gasteiger partial charge in [-0.15, -0.1) is 0 Å². The van der Waals surface area contributed by atoms with Gasteiger partial charge in [0.25, 0.3) is 0 Å². The van der Waals surface area contributed by atoms with Crippen LogP contribution in [0, 0.1) is 3.57 Å². The molecule has 100 valence electrons. The quantitative estimate of drug-likeness (QED) is 0.566. The molecule has 0 radical (unpaired) electrons. The Balaban J connectivity index is 2.41. The van der Waals surface area contributed by atoms with Gasteiger partial charge >= 0.3 is 0 Å². The summed E-state index contributed by atoms with van der Waals surface area (Å²) in [6, 6.07) is 0. The molecule has 7 heteroatoms. The normalized spacial score (nSPS) is 22.6. The molecule has 1 aromatic rings. The van der Waals surface area contributed by atoms with Gasteiger partial charge in [0, 0.05) is 5.92 Å². The Kier molecular flexibility index (Phi) is 4.18. The molecule has 0 aliphatic carbocycles. The third-order valence-corrected chi connectivity index (χ3v) is 6.42. The lowest BCUT2D eigenvalue weighted by Gasteiger charge is -2.13. The van der Waals surface area contributed by atoms with Gasteiger partial charge in [0.1, 0.15) is 11.0 Å². The molecular formula is C11H14ClIN2O2S. The van der Waals surface area contributed by atoms with E-state index >= 15 is 0 Å². The van der Waals surface area contributed by atoms with Crippen molar-refractivity contribution in [3.8, 4) is 0 Å². The summed E-state index contributed by atoms with van der Waals surface area (Å²) in [4.78, 5) is 8.76. The van der Waals surface area contributed by atoms with E-state index in [9.17, 15) is 8.42 Å². The van der Waals surface area contributed by atoms with Crippen molar-refractivity contribution in [2.24, 2.45) is 0 Å². The standard InChI is InChI=1S/C11H14ClIN2O2S/c1-6(2)9-8(13)10(12)15-11(14-9)7-3-4-18(16,17)5-7/h6-7H,3-5H2,1-2H3. The lowest BCUT2D eigenvalue weighted by Crippen LogP contribution is -2.11. The maximum atomic E-state index is 11.5. The molecule has 1 aromatic heterocycles. The van der Waals surface area contributed by atoms with E-state index in [1.165, 1.54) is 0 Å². The smallest absolute Gasteiger partial charge is 0.151 e. The number of rotatable bonds is 2. The molecule has 2 heterocycles. The van der Waals surface area contributed by atoms with Gasteiger partial charge in [-0.05, 0) is 34.9 Å². The zero-order chi connectivity index (χ0) is 13.5. The minimum Gasteiger partial charge on any atom is -0.236 e. The Labute approximate surface area is 126 Å². The molecular weight excluding hydrogens is 387 g/mol. The molecule has 4 nitrogen and oxygen atoms in total. The maximum Gasteiger partial charge on any atom is 0.151 e. The summed E-state index contributed by atoms with van der Waals surface area (Å²) >= 11 is 8.24. The van der Waals surface area contributed by atoms with Crippen LogP contribution < -0.4 is 0 Å². The fourth-order valence-corrected chi connectivity index (χ4v) is 4.80. The SMILES string of the molecule is CC(C)c1nc(C2CCS(=O)(=O)C2)nc(Cl)c1I. The van der Waals surface area contributed by atoms with E-state index in [1.54, 1.807) is 0 Å². The van der Waals surface area contributed by atoms with Gasteiger partial charge < -0.3 is 0 Å². The molecule has 0 bridgehead atoms. The van der Waals surface area contributed by atoms with Crippen LogP contribution in [0.4, 0.5) is 0 Å². The van der Waals surface area contributed by atoms with Crippen LogP contribution in [0.5, 0.6) is 0 Å². The number of hydrogen-bond acceptors (Lipinski definition) is 4. The predicted molar refractivity (Wildman–Crippen MR) is 79.9 cm³/mol. The van der Waals surface area contributed by atoms with Crippen molar-refractivity contribution in [2.45, 2.75) is 32.1 Å². The fourth-order valence-electron chi connectivity index (χ4n) is 2.02. The summed E-state index contributed by atoms with van der Waals surface area (Å²) in [5, 5.41) is 0.425. The lowest BCUT2D eigenvalue weighted by atomic mass is 10.1. The average Bonchev–Trinajstić information content (AvgIpc) is 2.62. The minimum atomic E-state index is -2.92. The van der Waals surface area contributed by atoms with Gasteiger partial charge in [0.15, 0.2) is 9.84 Å². The Morgan fingerprint density at radius 1 is 1.39 bits per heavy atom. The Hall–Kier alpha value is 0.0500. The number of halogens is 2. The highest BCUT2D eigenvalue weighted by Gasteiger charge is 2.32. The van der Waals surface area contributed by atoms with Crippen LogP contribution >= 0.6 is 34.2 Å². The van der Waals surface area contributed by atoms with Gasteiger partial charge in [0.2, 0.25) is 0 Å². The van der Waals surface area contributed by atoms with Gasteiger partial charge in [-0.25, -0.2) is 18.4 Å². The number of aromatic nitrogens is 2. The monoisotopic (exact) mass is 400 g/mol. The van der Waals surface area contributed by atoms with Crippen molar-refractivity contribution in [1.29, 1.82) is 0 Å². The van der Waals surface area contributed by atoms with Gasteiger partial charge in [0.05, 0.1) is 20.8 Å². The summed E-state index contributed by atoms with van der Waals surface area (Å²) < 4.78 is 23.8. The molecule has 2 rings (SSSR count). The predicted octanol–water partition coefficient (Wildman–Crippen LogP) is 2.76. The molecule has 0 saturated carbocycles. The molecule has 1 saturated heterocycles. The Bertz CT molecular complexity index is 575. The van der Waals surface area contributed by atoms with Crippen molar-refractivity contribution in [2.75, 3.05) is 11.5 Å². The Morgan fingerprint density at radius 2 is 2.06 bits per heavy atom. The van der Waals surface area contributed by atoms with E-state index in [-0.39, 0.29) is 23.3 Å². The molecule has 1 atom stereocenters. The Morgan fingerprint density at radius 3 is 2.56 bits per heavy atom. The summed E-state index contributed by atoms with van der Waals surface area (Å²) in [6.07, 6.45) is 0.594. The van der Waals surface area contributed by atoms with Crippen molar-refractivity contribution < 1.29 is 8.42 Å². The largest absolute Gasteiger partial charge is 0.236 e. The molecule has 1 aliphatic rings. The summed E-state index contributed by atoms with van der Waals surface area (Å²) in [6.45, 7) is 4.08. The fraction of sp³-hybridized carbons (Fsp3) is 0.636. The molecule has 0 aromatic carbocycles. The first kappa shape index (κ1) is 14.5. The van der Waals surface area contributed by atoms with Gasteiger partial charge in [-0.1, -0.05) is 25.4 Å². The van der Waals surface area contributed by atoms with E-state index in [1.807, 2.05) is 13.8 Å². The minimum absolute atomic E-state index is 0.109. The number of nitrogens with zero attached hydrogens (tertiary/aromatic N) is 2. The van der Waals surface area contributed by atoms with Crippen LogP contribution in [0.15, 0.2) is 0 Å². The topological polar surface area (TPSA) is 59.9 Å². The average molecular weight is 401 g/mol. The number of sulfone groups is 1. The summed E-state index contributed by atoms with van der Waals surface area (Å²) in [7, 11) is -2.92. The molecule has 0 N–H and O–H groups in total. The van der Waals surface area contributed by atoms with Crippen molar-refractivity contribution in [3.63, 3.8) is 0 Å². The van der Waals surface area contributed by atoms with E-state index in [4.69, 9.17) is 11.6 Å². The van der Waals surface area contributed by atoms with Crippen LogP contribution in [0.25, 0.3) is 0 Å². The van der Waals surface area contributed by atoms with Crippen LogP contribution in [-0.4, -0.2) is 29.9 Å². The van der Waals surface area contributed by atoms with Crippen LogP contribution in [0.3, 0.4) is 0 Å². The highest BCUT2D eigenvalue weighted by Crippen LogP contribution is 2.31. The first-order chi connectivity index (χ1) is 8.30. The molecule has 1 unspecified atom stereocenters. The van der Waals surface area contributed by atoms with E-state index in [0.717, 1.165) is 9.26 Å². The highest BCUT2D eigenvalue weighted by molar-refractivity contribution is 14.1. The van der Waals surface area contributed by atoms with E-state index < -0.39 is 9.84 Å². The first-order valence-electron chi connectivity index (χ1n) is 5.73. The summed E-state index contributed by atoms with van der Waals surface area (Å²) in [5.74, 6) is 1.07. The van der Waals surface area contributed by atoms with E-state index in [2.05, 4.69) is 32.6 Å². The molecule has 1 fully saturated rings. The van der Waals surface area contributed by atoms with Gasteiger partial charge in [-0.3, -0.25) is 0 Å². The van der Waals surface area contributed by atoms with Gasteiger partial charge in [-0.2, -0.15) is 0 Å². The third-order valence-electron chi connectivity index (χ3n) is 3.00. The molecule has 0 spiro atoms. The second kappa shape index (κ2) is 5.20. The summed E-state index contributed by atoms with van der Waals surface area (Å²) in [5.41, 5.74) is 0.898.